The number of hydrogen-bond donors (Lipinski definition) is 0. The van der Waals surface area contributed by atoms with Gasteiger partial charge in [-0.3, -0.25) is 4.79 Å². The second kappa shape index (κ2) is 6.52. The molecule has 4 nitrogen and oxygen atoms in total. The number of fused-ring (bicyclic) bond motifs is 1. The second-order valence-corrected chi connectivity index (χ2v) is 5.30. The van der Waals surface area contributed by atoms with Crippen molar-refractivity contribution in [3.8, 4) is 11.5 Å². The van der Waals surface area contributed by atoms with Gasteiger partial charge in [-0.25, -0.2) is 0 Å². The largest absolute Gasteiger partial charge is 0.493 e. The Bertz CT molecular complexity index is 642. The van der Waals surface area contributed by atoms with E-state index < -0.39 is 0 Å². The highest BCUT2D eigenvalue weighted by Gasteiger charge is 2.27. The lowest BCUT2D eigenvalue weighted by molar-refractivity contribution is -0.134. The number of hydrogen-bond acceptors (Lipinski definition) is 3. The Balaban J connectivity index is 1.66. The summed E-state index contributed by atoms with van der Waals surface area (Å²) in [6.07, 6.45) is 0.796. The summed E-state index contributed by atoms with van der Waals surface area (Å²) < 4.78 is 11.2. The molecule has 0 aromatic heterocycles. The highest BCUT2D eigenvalue weighted by Crippen LogP contribution is 2.35. The molecule has 1 unspecified atom stereocenters. The number of amides is 1. The number of nitrogens with zero attached hydrogens (tertiary/aromatic N) is 1. The van der Waals surface area contributed by atoms with Gasteiger partial charge < -0.3 is 14.4 Å². The summed E-state index contributed by atoms with van der Waals surface area (Å²) in [4.78, 5) is 14.1. The minimum absolute atomic E-state index is 0.0365. The first-order valence-electron chi connectivity index (χ1n) is 7.41. The lowest BCUT2D eigenvalue weighted by Crippen LogP contribution is -2.37. The third-order valence-electron chi connectivity index (χ3n) is 3.89. The highest BCUT2D eigenvalue weighted by atomic mass is 16.5. The van der Waals surface area contributed by atoms with Crippen LogP contribution in [0.2, 0.25) is 0 Å². The summed E-state index contributed by atoms with van der Waals surface area (Å²) in [6.45, 7) is 0.666. The highest BCUT2D eigenvalue weighted by molar-refractivity contribution is 5.78. The standard InChI is InChI=1S/C18H19NO3/c1-19(18(20)13-22-14-7-3-2-4-8-14)16-11-12-21-17-10-6-5-9-15(16)17/h2-10,16H,11-13H2,1H3. The number of carbonyl (C=O) groups is 1. The number of rotatable bonds is 4. The van der Waals surface area contributed by atoms with E-state index in [2.05, 4.69) is 0 Å². The SMILES string of the molecule is CN(C(=O)COc1ccccc1)C1CCOc2ccccc21. The zero-order valence-electron chi connectivity index (χ0n) is 12.6. The summed E-state index contributed by atoms with van der Waals surface area (Å²) in [7, 11) is 1.82. The van der Waals surface area contributed by atoms with Crippen LogP contribution >= 0.6 is 0 Å². The van der Waals surface area contributed by atoms with E-state index >= 15 is 0 Å². The summed E-state index contributed by atoms with van der Waals surface area (Å²) in [5.41, 5.74) is 1.06. The molecule has 22 heavy (non-hydrogen) atoms. The minimum atomic E-state index is -0.0365. The quantitative estimate of drug-likeness (QED) is 0.870. The Labute approximate surface area is 130 Å². The van der Waals surface area contributed by atoms with Crippen LogP contribution in [0.1, 0.15) is 18.0 Å². The molecule has 0 bridgehead atoms. The van der Waals surface area contributed by atoms with Crippen LogP contribution < -0.4 is 9.47 Å². The Morgan fingerprint density at radius 1 is 1.18 bits per heavy atom. The van der Waals surface area contributed by atoms with Crippen LogP contribution in [0, 0.1) is 0 Å². The molecule has 0 radical (unpaired) electrons. The molecule has 4 heteroatoms. The van der Waals surface area contributed by atoms with Crippen molar-refractivity contribution < 1.29 is 14.3 Å². The zero-order valence-corrected chi connectivity index (χ0v) is 12.6. The molecule has 3 rings (SSSR count). The van der Waals surface area contributed by atoms with E-state index in [4.69, 9.17) is 9.47 Å². The number of likely N-dealkylation sites (N-methyl/N-ethyl adjacent to an activating group) is 1. The molecule has 114 valence electrons. The van der Waals surface area contributed by atoms with Gasteiger partial charge in [0.1, 0.15) is 11.5 Å². The average molecular weight is 297 g/mol. The van der Waals surface area contributed by atoms with Crippen LogP contribution in [-0.2, 0) is 4.79 Å². The van der Waals surface area contributed by atoms with Gasteiger partial charge in [-0.05, 0) is 18.2 Å². The molecule has 2 aromatic rings. The topological polar surface area (TPSA) is 38.8 Å². The van der Waals surface area contributed by atoms with Crippen LogP contribution in [0.15, 0.2) is 54.6 Å². The van der Waals surface area contributed by atoms with Gasteiger partial charge in [0, 0.05) is 19.0 Å². The fraction of sp³-hybridized carbons (Fsp3) is 0.278. The molecule has 0 saturated heterocycles. The number of carbonyl (C=O) groups excluding carboxylic acids is 1. The van der Waals surface area contributed by atoms with E-state index in [0.717, 1.165) is 17.7 Å². The average Bonchev–Trinajstić information content (AvgIpc) is 2.59. The van der Waals surface area contributed by atoms with Crippen LogP contribution in [-0.4, -0.2) is 31.1 Å². The van der Waals surface area contributed by atoms with Gasteiger partial charge in [-0.15, -0.1) is 0 Å². The first-order valence-corrected chi connectivity index (χ1v) is 7.41. The van der Waals surface area contributed by atoms with E-state index in [1.165, 1.54) is 0 Å². The number of benzene rings is 2. The van der Waals surface area contributed by atoms with Gasteiger partial charge in [-0.2, -0.15) is 0 Å². The van der Waals surface area contributed by atoms with Crippen molar-refractivity contribution in [2.75, 3.05) is 20.3 Å². The van der Waals surface area contributed by atoms with E-state index in [1.54, 1.807) is 4.90 Å². The van der Waals surface area contributed by atoms with E-state index in [1.807, 2.05) is 61.6 Å². The van der Waals surface area contributed by atoms with Crippen LogP contribution in [0.4, 0.5) is 0 Å². The molecular formula is C18H19NO3. The normalized spacial score (nSPS) is 16.3. The molecule has 1 aliphatic rings. The van der Waals surface area contributed by atoms with E-state index in [0.29, 0.717) is 12.4 Å². The fourth-order valence-corrected chi connectivity index (χ4v) is 2.66. The van der Waals surface area contributed by atoms with Crippen molar-refractivity contribution >= 4 is 5.91 Å². The predicted octanol–water partition coefficient (Wildman–Crippen LogP) is 3.05. The minimum Gasteiger partial charge on any atom is -0.493 e. The molecule has 0 N–H and O–H groups in total. The van der Waals surface area contributed by atoms with Crippen molar-refractivity contribution in [3.63, 3.8) is 0 Å². The maximum atomic E-state index is 12.4. The van der Waals surface area contributed by atoms with E-state index in [-0.39, 0.29) is 18.6 Å². The Morgan fingerprint density at radius 3 is 2.73 bits per heavy atom. The lowest BCUT2D eigenvalue weighted by atomic mass is 9.99. The van der Waals surface area contributed by atoms with Crippen LogP contribution in [0.5, 0.6) is 11.5 Å². The Morgan fingerprint density at radius 2 is 1.91 bits per heavy atom. The van der Waals surface area contributed by atoms with Gasteiger partial charge >= 0.3 is 0 Å². The first kappa shape index (κ1) is 14.4. The van der Waals surface area contributed by atoms with Crippen LogP contribution in [0.3, 0.4) is 0 Å². The van der Waals surface area contributed by atoms with Crippen molar-refractivity contribution in [3.05, 3.63) is 60.2 Å². The molecule has 2 aromatic carbocycles. The summed E-state index contributed by atoms with van der Waals surface area (Å²) >= 11 is 0. The maximum absolute atomic E-state index is 12.4. The fourth-order valence-electron chi connectivity index (χ4n) is 2.66. The number of ether oxygens (including phenoxy) is 2. The summed E-state index contributed by atoms with van der Waals surface area (Å²) in [6, 6.07) is 17.3. The first-order chi connectivity index (χ1) is 10.8. The maximum Gasteiger partial charge on any atom is 0.260 e. The van der Waals surface area contributed by atoms with Gasteiger partial charge in [0.25, 0.3) is 5.91 Å². The second-order valence-electron chi connectivity index (χ2n) is 5.30. The molecular weight excluding hydrogens is 278 g/mol. The third-order valence-corrected chi connectivity index (χ3v) is 3.89. The Hall–Kier alpha value is -2.49. The smallest absolute Gasteiger partial charge is 0.260 e. The summed E-state index contributed by atoms with van der Waals surface area (Å²) in [5, 5.41) is 0. The van der Waals surface area contributed by atoms with Gasteiger partial charge in [0.15, 0.2) is 6.61 Å². The molecule has 0 saturated carbocycles. The molecule has 1 amide bonds. The van der Waals surface area contributed by atoms with Crippen molar-refractivity contribution in [1.82, 2.24) is 4.90 Å². The molecule has 0 fully saturated rings. The molecule has 0 aliphatic carbocycles. The monoisotopic (exact) mass is 297 g/mol. The van der Waals surface area contributed by atoms with E-state index in [9.17, 15) is 4.79 Å². The van der Waals surface area contributed by atoms with Crippen molar-refractivity contribution in [2.45, 2.75) is 12.5 Å². The predicted molar refractivity (Wildman–Crippen MR) is 84.0 cm³/mol. The molecule has 1 aliphatic heterocycles. The Kier molecular flexibility index (Phi) is 4.28. The van der Waals surface area contributed by atoms with Crippen LogP contribution in [0.25, 0.3) is 0 Å². The van der Waals surface area contributed by atoms with Gasteiger partial charge in [0.05, 0.1) is 12.6 Å². The third kappa shape index (κ3) is 3.06. The number of para-hydroxylation sites is 2. The zero-order chi connectivity index (χ0) is 15.4. The molecule has 1 atom stereocenters. The lowest BCUT2D eigenvalue weighted by Gasteiger charge is -2.33. The van der Waals surface area contributed by atoms with Crippen molar-refractivity contribution in [2.24, 2.45) is 0 Å². The summed E-state index contributed by atoms with van der Waals surface area (Å²) in [5.74, 6) is 1.53. The molecule has 0 spiro atoms. The van der Waals surface area contributed by atoms with Crippen molar-refractivity contribution in [1.29, 1.82) is 0 Å². The molecule has 1 heterocycles. The van der Waals surface area contributed by atoms with Gasteiger partial charge in [0.2, 0.25) is 0 Å². The van der Waals surface area contributed by atoms with Gasteiger partial charge in [-0.1, -0.05) is 36.4 Å².